The number of nitrogens with one attached hydrogen (secondary N) is 1. The molecule has 2 heterocycles. The van der Waals surface area contributed by atoms with Gasteiger partial charge >= 0.3 is 0 Å². The molecular formula is C12H21N3O3. The first-order valence-corrected chi connectivity index (χ1v) is 6.60. The molecule has 2 aliphatic heterocycles. The average Bonchev–Trinajstić information content (AvgIpc) is 2.42. The van der Waals surface area contributed by atoms with E-state index in [4.69, 9.17) is 4.74 Å². The standard InChI is InChI=1S/C12H21N3O3/c1-2-14-4-3-13-10(12(14)17)9-11(16)15-5-7-18-8-6-15/h10,13H,2-9H2,1H3. The van der Waals surface area contributed by atoms with E-state index in [1.165, 1.54) is 0 Å². The minimum absolute atomic E-state index is 0.0436. The molecule has 1 atom stereocenters. The Morgan fingerprint density at radius 3 is 2.78 bits per heavy atom. The number of piperazine rings is 1. The van der Waals surface area contributed by atoms with Gasteiger partial charge in [0.2, 0.25) is 11.8 Å². The maximum Gasteiger partial charge on any atom is 0.240 e. The second kappa shape index (κ2) is 6.15. The first-order valence-electron chi connectivity index (χ1n) is 6.60. The van der Waals surface area contributed by atoms with Crippen molar-refractivity contribution in [2.24, 2.45) is 0 Å². The molecule has 1 N–H and O–H groups in total. The van der Waals surface area contributed by atoms with E-state index >= 15 is 0 Å². The predicted octanol–water partition coefficient (Wildman–Crippen LogP) is -0.944. The van der Waals surface area contributed by atoms with Gasteiger partial charge in [0.1, 0.15) is 0 Å². The molecule has 2 rings (SSSR count). The second-order valence-electron chi connectivity index (χ2n) is 4.62. The molecule has 2 fully saturated rings. The van der Waals surface area contributed by atoms with Gasteiger partial charge in [0.05, 0.1) is 25.7 Å². The van der Waals surface area contributed by atoms with Gasteiger partial charge in [-0.2, -0.15) is 0 Å². The van der Waals surface area contributed by atoms with E-state index in [2.05, 4.69) is 5.32 Å². The van der Waals surface area contributed by atoms with Crippen LogP contribution >= 0.6 is 0 Å². The van der Waals surface area contributed by atoms with Crippen molar-refractivity contribution in [3.05, 3.63) is 0 Å². The third-order valence-corrected chi connectivity index (χ3v) is 3.51. The minimum atomic E-state index is -0.353. The lowest BCUT2D eigenvalue weighted by Crippen LogP contribution is -2.56. The molecule has 0 aliphatic carbocycles. The summed E-state index contributed by atoms with van der Waals surface area (Å²) >= 11 is 0. The summed E-state index contributed by atoms with van der Waals surface area (Å²) in [4.78, 5) is 27.7. The second-order valence-corrected chi connectivity index (χ2v) is 4.62. The summed E-state index contributed by atoms with van der Waals surface area (Å²) in [5, 5.41) is 3.13. The Bertz CT molecular complexity index is 316. The monoisotopic (exact) mass is 255 g/mol. The Morgan fingerprint density at radius 1 is 1.39 bits per heavy atom. The molecule has 0 spiro atoms. The molecule has 6 heteroatoms. The highest BCUT2D eigenvalue weighted by molar-refractivity contribution is 5.89. The van der Waals surface area contributed by atoms with Gasteiger partial charge < -0.3 is 19.9 Å². The van der Waals surface area contributed by atoms with Crippen molar-refractivity contribution in [2.75, 3.05) is 45.9 Å². The Morgan fingerprint density at radius 2 is 2.11 bits per heavy atom. The number of carbonyl (C=O) groups is 2. The molecule has 2 amide bonds. The van der Waals surface area contributed by atoms with Gasteiger partial charge in [0, 0.05) is 32.7 Å². The number of hydrogen-bond acceptors (Lipinski definition) is 4. The highest BCUT2D eigenvalue weighted by atomic mass is 16.5. The largest absolute Gasteiger partial charge is 0.378 e. The predicted molar refractivity (Wildman–Crippen MR) is 66.1 cm³/mol. The van der Waals surface area contributed by atoms with Gasteiger partial charge in [-0.3, -0.25) is 9.59 Å². The van der Waals surface area contributed by atoms with Crippen LogP contribution in [0.25, 0.3) is 0 Å². The highest BCUT2D eigenvalue weighted by Crippen LogP contribution is 2.08. The summed E-state index contributed by atoms with van der Waals surface area (Å²) in [6.45, 7) is 6.64. The van der Waals surface area contributed by atoms with Crippen LogP contribution in [-0.4, -0.2) is 73.6 Å². The third kappa shape index (κ3) is 3.00. The van der Waals surface area contributed by atoms with Crippen LogP contribution in [0.4, 0.5) is 0 Å². The number of nitrogens with zero attached hydrogens (tertiary/aromatic N) is 2. The zero-order valence-electron chi connectivity index (χ0n) is 10.9. The maximum absolute atomic E-state index is 12.1. The normalized spacial score (nSPS) is 25.4. The molecule has 0 aromatic carbocycles. The average molecular weight is 255 g/mol. The quantitative estimate of drug-likeness (QED) is 0.707. The maximum atomic E-state index is 12.1. The van der Waals surface area contributed by atoms with Crippen molar-refractivity contribution in [3.8, 4) is 0 Å². The smallest absolute Gasteiger partial charge is 0.240 e. The number of amides is 2. The van der Waals surface area contributed by atoms with Crippen molar-refractivity contribution >= 4 is 11.8 Å². The van der Waals surface area contributed by atoms with Crippen LogP contribution in [-0.2, 0) is 14.3 Å². The van der Waals surface area contributed by atoms with Gasteiger partial charge in [0.15, 0.2) is 0 Å². The summed E-state index contributed by atoms with van der Waals surface area (Å²) in [7, 11) is 0. The minimum Gasteiger partial charge on any atom is -0.378 e. The van der Waals surface area contributed by atoms with Gasteiger partial charge in [-0.15, -0.1) is 0 Å². The van der Waals surface area contributed by atoms with Gasteiger partial charge in [-0.1, -0.05) is 0 Å². The van der Waals surface area contributed by atoms with Crippen molar-refractivity contribution in [3.63, 3.8) is 0 Å². The van der Waals surface area contributed by atoms with Crippen LogP contribution in [0.2, 0.25) is 0 Å². The van der Waals surface area contributed by atoms with E-state index in [0.29, 0.717) is 32.8 Å². The zero-order chi connectivity index (χ0) is 13.0. The van der Waals surface area contributed by atoms with E-state index < -0.39 is 0 Å². The van der Waals surface area contributed by atoms with Crippen molar-refractivity contribution < 1.29 is 14.3 Å². The number of hydrogen-bond donors (Lipinski definition) is 1. The van der Waals surface area contributed by atoms with Gasteiger partial charge in [-0.05, 0) is 6.92 Å². The van der Waals surface area contributed by atoms with Crippen LogP contribution in [0.1, 0.15) is 13.3 Å². The summed E-state index contributed by atoms with van der Waals surface area (Å²) < 4.78 is 5.21. The molecule has 6 nitrogen and oxygen atoms in total. The first-order chi connectivity index (χ1) is 8.72. The van der Waals surface area contributed by atoms with E-state index in [0.717, 1.165) is 13.1 Å². The Kier molecular flexibility index (Phi) is 4.54. The molecule has 2 aliphatic rings. The number of ether oxygens (including phenoxy) is 1. The van der Waals surface area contributed by atoms with Crippen molar-refractivity contribution in [1.82, 2.24) is 15.1 Å². The molecule has 0 radical (unpaired) electrons. The van der Waals surface area contributed by atoms with Gasteiger partial charge in [0.25, 0.3) is 0 Å². The molecule has 0 aromatic rings. The summed E-state index contributed by atoms with van der Waals surface area (Å²) in [6.07, 6.45) is 0.259. The molecule has 18 heavy (non-hydrogen) atoms. The SMILES string of the molecule is CCN1CCNC(CC(=O)N2CCOCC2)C1=O. The lowest BCUT2D eigenvalue weighted by Gasteiger charge is -2.34. The van der Waals surface area contributed by atoms with Crippen LogP contribution in [0.3, 0.4) is 0 Å². The third-order valence-electron chi connectivity index (χ3n) is 3.51. The Balaban J connectivity index is 1.87. The lowest BCUT2D eigenvalue weighted by molar-refractivity contribution is -0.142. The molecule has 0 aromatic heterocycles. The molecule has 0 saturated carbocycles. The number of morpholine rings is 1. The number of likely N-dealkylation sites (N-methyl/N-ethyl adjacent to an activating group) is 1. The van der Waals surface area contributed by atoms with Crippen LogP contribution < -0.4 is 5.32 Å². The fourth-order valence-corrected chi connectivity index (χ4v) is 2.38. The topological polar surface area (TPSA) is 61.9 Å². The van der Waals surface area contributed by atoms with Crippen molar-refractivity contribution in [2.45, 2.75) is 19.4 Å². The summed E-state index contributed by atoms with van der Waals surface area (Å²) in [6, 6.07) is -0.353. The Hall–Kier alpha value is -1.14. The molecule has 1 unspecified atom stereocenters. The molecule has 2 saturated heterocycles. The van der Waals surface area contributed by atoms with Crippen LogP contribution in [0, 0.1) is 0 Å². The first kappa shape index (κ1) is 13.3. The van der Waals surface area contributed by atoms with Crippen LogP contribution in [0.15, 0.2) is 0 Å². The van der Waals surface area contributed by atoms with E-state index in [-0.39, 0.29) is 24.3 Å². The van der Waals surface area contributed by atoms with Gasteiger partial charge in [-0.25, -0.2) is 0 Å². The van der Waals surface area contributed by atoms with E-state index in [1.807, 2.05) is 6.92 Å². The fraction of sp³-hybridized carbons (Fsp3) is 0.833. The fourth-order valence-electron chi connectivity index (χ4n) is 2.38. The molecule has 0 bridgehead atoms. The Labute approximate surface area is 107 Å². The zero-order valence-corrected chi connectivity index (χ0v) is 10.9. The summed E-state index contributed by atoms with van der Waals surface area (Å²) in [5.41, 5.74) is 0. The van der Waals surface area contributed by atoms with Crippen molar-refractivity contribution in [1.29, 1.82) is 0 Å². The van der Waals surface area contributed by atoms with Crippen LogP contribution in [0.5, 0.6) is 0 Å². The summed E-state index contributed by atoms with van der Waals surface area (Å²) in [5.74, 6) is 0.0902. The molecular weight excluding hydrogens is 234 g/mol. The highest BCUT2D eigenvalue weighted by Gasteiger charge is 2.30. The molecule has 102 valence electrons. The van der Waals surface area contributed by atoms with E-state index in [9.17, 15) is 9.59 Å². The lowest BCUT2D eigenvalue weighted by atomic mass is 10.1. The van der Waals surface area contributed by atoms with E-state index in [1.54, 1.807) is 9.80 Å². The number of carbonyl (C=O) groups excluding carboxylic acids is 2. The number of rotatable bonds is 3.